The molecular formula is C16H26N2O2. The summed E-state index contributed by atoms with van der Waals surface area (Å²) < 4.78 is 10.7. The van der Waals surface area contributed by atoms with E-state index < -0.39 is 0 Å². The maximum atomic E-state index is 6.03. The fourth-order valence-electron chi connectivity index (χ4n) is 3.06. The fraction of sp³-hybridized carbons (Fsp3) is 0.625. The standard InChI is InChI=1S/C16H26N2O2/c1-12-5-4-8-18(11-12)14(10-17)13-6-7-15(19-2)16(9-13)20-3/h6-7,9,12,14H,4-5,8,10-11,17H2,1-3H3/t12-,14+/m0/s1. The number of nitrogens with zero attached hydrogens (tertiary/aromatic N) is 1. The second-order valence-electron chi connectivity index (χ2n) is 5.61. The topological polar surface area (TPSA) is 47.7 Å². The average Bonchev–Trinajstić information content (AvgIpc) is 2.48. The smallest absolute Gasteiger partial charge is 0.161 e. The highest BCUT2D eigenvalue weighted by molar-refractivity contribution is 5.43. The molecule has 112 valence electrons. The Labute approximate surface area is 121 Å². The van der Waals surface area contributed by atoms with Gasteiger partial charge in [0, 0.05) is 19.1 Å². The molecule has 2 N–H and O–H groups in total. The number of hydrogen-bond acceptors (Lipinski definition) is 4. The first-order valence-corrected chi connectivity index (χ1v) is 7.35. The third-order valence-corrected chi connectivity index (χ3v) is 4.14. The van der Waals surface area contributed by atoms with Gasteiger partial charge in [-0.2, -0.15) is 0 Å². The zero-order valence-electron chi connectivity index (χ0n) is 12.8. The number of methoxy groups -OCH3 is 2. The number of rotatable bonds is 5. The van der Waals surface area contributed by atoms with Crippen molar-refractivity contribution in [2.45, 2.75) is 25.8 Å². The zero-order valence-corrected chi connectivity index (χ0v) is 12.8. The lowest BCUT2D eigenvalue weighted by Gasteiger charge is -2.37. The van der Waals surface area contributed by atoms with Crippen LogP contribution >= 0.6 is 0 Å². The highest BCUT2D eigenvalue weighted by Gasteiger charge is 2.24. The summed E-state index contributed by atoms with van der Waals surface area (Å²) >= 11 is 0. The van der Waals surface area contributed by atoms with Crippen molar-refractivity contribution >= 4 is 0 Å². The van der Waals surface area contributed by atoms with Crippen molar-refractivity contribution in [3.63, 3.8) is 0 Å². The molecule has 1 aliphatic rings. The molecule has 0 unspecified atom stereocenters. The number of likely N-dealkylation sites (tertiary alicyclic amines) is 1. The normalized spacial score (nSPS) is 21.5. The summed E-state index contributed by atoms with van der Waals surface area (Å²) in [5, 5.41) is 0. The Bertz CT molecular complexity index is 436. The van der Waals surface area contributed by atoms with E-state index in [2.05, 4.69) is 24.0 Å². The molecule has 0 spiro atoms. The summed E-state index contributed by atoms with van der Waals surface area (Å²) in [6.07, 6.45) is 2.57. The highest BCUT2D eigenvalue weighted by atomic mass is 16.5. The van der Waals surface area contributed by atoms with E-state index in [0.29, 0.717) is 6.54 Å². The first-order valence-electron chi connectivity index (χ1n) is 7.35. The Kier molecular flexibility index (Phi) is 5.26. The van der Waals surface area contributed by atoms with Crippen LogP contribution in [-0.2, 0) is 0 Å². The molecule has 0 amide bonds. The Balaban J connectivity index is 2.22. The van der Waals surface area contributed by atoms with Crippen molar-refractivity contribution in [1.82, 2.24) is 4.90 Å². The van der Waals surface area contributed by atoms with Crippen molar-refractivity contribution < 1.29 is 9.47 Å². The molecule has 1 saturated heterocycles. The monoisotopic (exact) mass is 278 g/mol. The third-order valence-electron chi connectivity index (χ3n) is 4.14. The van der Waals surface area contributed by atoms with Crippen LogP contribution in [0.2, 0.25) is 0 Å². The minimum Gasteiger partial charge on any atom is -0.493 e. The maximum Gasteiger partial charge on any atom is 0.161 e. The van der Waals surface area contributed by atoms with Crippen LogP contribution in [0.4, 0.5) is 0 Å². The maximum absolute atomic E-state index is 6.03. The highest BCUT2D eigenvalue weighted by Crippen LogP contribution is 2.33. The van der Waals surface area contributed by atoms with Gasteiger partial charge in [0.2, 0.25) is 0 Å². The van der Waals surface area contributed by atoms with Gasteiger partial charge in [0.1, 0.15) is 0 Å². The minimum atomic E-state index is 0.262. The second-order valence-corrected chi connectivity index (χ2v) is 5.61. The van der Waals surface area contributed by atoms with Crippen LogP contribution in [0.3, 0.4) is 0 Å². The summed E-state index contributed by atoms with van der Waals surface area (Å²) in [5.74, 6) is 2.28. The van der Waals surface area contributed by atoms with E-state index in [4.69, 9.17) is 15.2 Å². The molecular weight excluding hydrogens is 252 g/mol. The van der Waals surface area contributed by atoms with Crippen molar-refractivity contribution in [2.24, 2.45) is 11.7 Å². The lowest BCUT2D eigenvalue weighted by molar-refractivity contribution is 0.133. The molecule has 4 heteroatoms. The van der Waals surface area contributed by atoms with Gasteiger partial charge in [0.05, 0.1) is 14.2 Å². The van der Waals surface area contributed by atoms with Crippen LogP contribution in [-0.4, -0.2) is 38.8 Å². The van der Waals surface area contributed by atoms with E-state index in [0.717, 1.165) is 30.5 Å². The summed E-state index contributed by atoms with van der Waals surface area (Å²) in [6, 6.07) is 6.37. The van der Waals surface area contributed by atoms with Crippen molar-refractivity contribution in [2.75, 3.05) is 33.9 Å². The van der Waals surface area contributed by atoms with Crippen LogP contribution in [0, 0.1) is 5.92 Å². The second kappa shape index (κ2) is 6.95. The Morgan fingerprint density at radius 2 is 2.05 bits per heavy atom. The SMILES string of the molecule is COc1ccc([C@@H](CN)N2CCC[C@H](C)C2)cc1OC. The molecule has 0 radical (unpaired) electrons. The van der Waals surface area contributed by atoms with E-state index in [1.807, 2.05) is 6.07 Å². The van der Waals surface area contributed by atoms with Gasteiger partial charge in [-0.25, -0.2) is 0 Å². The van der Waals surface area contributed by atoms with Gasteiger partial charge in [0.15, 0.2) is 11.5 Å². The van der Waals surface area contributed by atoms with Crippen LogP contribution in [0.25, 0.3) is 0 Å². The van der Waals surface area contributed by atoms with Gasteiger partial charge in [-0.05, 0) is 43.0 Å². The Morgan fingerprint density at radius 3 is 2.65 bits per heavy atom. The van der Waals surface area contributed by atoms with Gasteiger partial charge in [-0.3, -0.25) is 4.90 Å². The molecule has 20 heavy (non-hydrogen) atoms. The zero-order chi connectivity index (χ0) is 14.5. The number of ether oxygens (including phenoxy) is 2. The number of hydrogen-bond donors (Lipinski definition) is 1. The first-order chi connectivity index (χ1) is 9.69. The molecule has 0 aromatic heterocycles. The van der Waals surface area contributed by atoms with Gasteiger partial charge in [0.25, 0.3) is 0 Å². The van der Waals surface area contributed by atoms with Gasteiger partial charge in [-0.15, -0.1) is 0 Å². The number of nitrogens with two attached hydrogens (primary N) is 1. The van der Waals surface area contributed by atoms with E-state index >= 15 is 0 Å². The Hall–Kier alpha value is -1.26. The van der Waals surface area contributed by atoms with Gasteiger partial charge in [-0.1, -0.05) is 13.0 Å². The van der Waals surface area contributed by atoms with Gasteiger partial charge < -0.3 is 15.2 Å². The molecule has 2 rings (SSSR count). The average molecular weight is 278 g/mol. The van der Waals surface area contributed by atoms with Crippen molar-refractivity contribution in [3.05, 3.63) is 23.8 Å². The summed E-state index contributed by atoms with van der Waals surface area (Å²) in [6.45, 7) is 5.19. The molecule has 0 saturated carbocycles. The molecule has 0 bridgehead atoms. The van der Waals surface area contributed by atoms with Crippen LogP contribution in [0.5, 0.6) is 11.5 Å². The molecule has 1 aliphatic heterocycles. The molecule has 4 nitrogen and oxygen atoms in total. The van der Waals surface area contributed by atoms with E-state index in [9.17, 15) is 0 Å². The van der Waals surface area contributed by atoms with Gasteiger partial charge >= 0.3 is 0 Å². The Morgan fingerprint density at radius 1 is 1.30 bits per heavy atom. The van der Waals surface area contributed by atoms with E-state index in [1.54, 1.807) is 14.2 Å². The number of piperidine rings is 1. The molecule has 0 aliphatic carbocycles. The molecule has 1 aromatic rings. The van der Waals surface area contributed by atoms with E-state index in [-0.39, 0.29) is 6.04 Å². The van der Waals surface area contributed by atoms with Crippen molar-refractivity contribution in [3.8, 4) is 11.5 Å². The largest absolute Gasteiger partial charge is 0.493 e. The summed E-state index contributed by atoms with van der Waals surface area (Å²) in [4.78, 5) is 2.50. The predicted molar refractivity (Wildman–Crippen MR) is 81.3 cm³/mol. The predicted octanol–water partition coefficient (Wildman–Crippen LogP) is 2.44. The molecule has 1 aromatic carbocycles. The fourth-order valence-corrected chi connectivity index (χ4v) is 3.06. The molecule has 1 fully saturated rings. The lowest BCUT2D eigenvalue weighted by Crippen LogP contribution is -2.40. The summed E-state index contributed by atoms with van der Waals surface area (Å²) in [7, 11) is 3.33. The van der Waals surface area contributed by atoms with E-state index in [1.165, 1.54) is 18.4 Å². The molecule has 2 atom stereocenters. The van der Waals surface area contributed by atoms with Crippen LogP contribution < -0.4 is 15.2 Å². The minimum absolute atomic E-state index is 0.262. The summed E-state index contributed by atoms with van der Waals surface area (Å²) in [5.41, 5.74) is 7.24. The van der Waals surface area contributed by atoms with Crippen molar-refractivity contribution in [1.29, 1.82) is 0 Å². The molecule has 1 heterocycles. The lowest BCUT2D eigenvalue weighted by atomic mass is 9.96. The quantitative estimate of drug-likeness (QED) is 0.898. The van der Waals surface area contributed by atoms with Crippen LogP contribution in [0.1, 0.15) is 31.4 Å². The van der Waals surface area contributed by atoms with Crippen LogP contribution in [0.15, 0.2) is 18.2 Å². The third kappa shape index (κ3) is 3.25. The first kappa shape index (κ1) is 15.1. The number of benzene rings is 1.